The van der Waals surface area contributed by atoms with Crippen molar-refractivity contribution in [2.24, 2.45) is 4.99 Å². The van der Waals surface area contributed by atoms with E-state index in [1.54, 1.807) is 7.11 Å². The summed E-state index contributed by atoms with van der Waals surface area (Å²) in [6.07, 6.45) is 3.58. The summed E-state index contributed by atoms with van der Waals surface area (Å²) in [4.78, 5) is 9.55. The zero-order valence-corrected chi connectivity index (χ0v) is 21.6. The van der Waals surface area contributed by atoms with Crippen LogP contribution in [0.15, 0.2) is 29.3 Å². The molecule has 2 saturated heterocycles. The zero-order chi connectivity index (χ0) is 21.2. The van der Waals surface area contributed by atoms with E-state index in [2.05, 4.69) is 44.5 Å². The van der Waals surface area contributed by atoms with E-state index in [-0.39, 0.29) is 30.0 Å². The molecule has 2 aliphatic heterocycles. The molecule has 0 saturated carbocycles. The van der Waals surface area contributed by atoms with Crippen molar-refractivity contribution in [3.05, 3.63) is 29.8 Å². The van der Waals surface area contributed by atoms with Crippen LogP contribution in [0.4, 0.5) is 0 Å². The van der Waals surface area contributed by atoms with Crippen molar-refractivity contribution in [1.29, 1.82) is 0 Å². The molecule has 8 heteroatoms. The maximum absolute atomic E-state index is 5.57. The number of nitrogens with one attached hydrogen (secondary N) is 2. The van der Waals surface area contributed by atoms with Gasteiger partial charge in [0.25, 0.3) is 0 Å². The van der Waals surface area contributed by atoms with Crippen LogP contribution in [-0.2, 0) is 4.74 Å². The molecule has 0 aromatic heterocycles. The molecule has 31 heavy (non-hydrogen) atoms. The molecule has 2 aliphatic rings. The standard InChI is InChI=1S/C23H39N5O2.HI/c1-4-11-27-12-9-20(10-13-27)26-23(24-2)25-18-22(28-14-16-30-17-15-28)19-5-7-21(29-3)8-6-19;/h5-8,20,22H,4,9-18H2,1-3H3,(H2,24,25,26);1H. The third-order valence-electron chi connectivity index (χ3n) is 6.14. The molecule has 0 aliphatic carbocycles. The molecular formula is C23H40IN5O2. The summed E-state index contributed by atoms with van der Waals surface area (Å²) < 4.78 is 10.9. The van der Waals surface area contributed by atoms with Gasteiger partial charge in [0, 0.05) is 45.8 Å². The predicted molar refractivity (Wildman–Crippen MR) is 138 cm³/mol. The van der Waals surface area contributed by atoms with Crippen LogP contribution in [0, 0.1) is 0 Å². The smallest absolute Gasteiger partial charge is 0.191 e. The van der Waals surface area contributed by atoms with Crippen molar-refractivity contribution in [3.63, 3.8) is 0 Å². The quantitative estimate of drug-likeness (QED) is 0.298. The van der Waals surface area contributed by atoms with Gasteiger partial charge in [-0.05, 0) is 43.5 Å². The number of piperidine rings is 1. The average molecular weight is 546 g/mol. The molecule has 0 radical (unpaired) electrons. The zero-order valence-electron chi connectivity index (χ0n) is 19.3. The Bertz CT molecular complexity index is 644. The molecule has 2 heterocycles. The highest BCUT2D eigenvalue weighted by Gasteiger charge is 2.24. The lowest BCUT2D eigenvalue weighted by Gasteiger charge is -2.36. The number of nitrogens with zero attached hydrogens (tertiary/aromatic N) is 3. The van der Waals surface area contributed by atoms with E-state index in [0.29, 0.717) is 6.04 Å². The van der Waals surface area contributed by atoms with E-state index < -0.39 is 0 Å². The van der Waals surface area contributed by atoms with E-state index in [9.17, 15) is 0 Å². The fourth-order valence-electron chi connectivity index (χ4n) is 4.37. The van der Waals surface area contributed by atoms with Crippen molar-refractivity contribution in [1.82, 2.24) is 20.4 Å². The number of morpholine rings is 1. The van der Waals surface area contributed by atoms with Gasteiger partial charge in [0.2, 0.25) is 0 Å². The molecule has 2 N–H and O–H groups in total. The summed E-state index contributed by atoms with van der Waals surface area (Å²) in [7, 11) is 3.57. The molecule has 0 spiro atoms. The largest absolute Gasteiger partial charge is 0.497 e. The Kier molecular flexibility index (Phi) is 11.9. The summed E-state index contributed by atoms with van der Waals surface area (Å²) >= 11 is 0. The monoisotopic (exact) mass is 545 g/mol. The summed E-state index contributed by atoms with van der Waals surface area (Å²) in [5.74, 6) is 1.79. The van der Waals surface area contributed by atoms with Gasteiger partial charge >= 0.3 is 0 Å². The van der Waals surface area contributed by atoms with Crippen molar-refractivity contribution in [2.75, 3.05) is 66.6 Å². The van der Waals surface area contributed by atoms with Gasteiger partial charge in [-0.25, -0.2) is 0 Å². The number of likely N-dealkylation sites (tertiary alicyclic amines) is 1. The normalized spacial score (nSPS) is 20.0. The lowest BCUT2D eigenvalue weighted by atomic mass is 10.0. The summed E-state index contributed by atoms with van der Waals surface area (Å²) in [5.41, 5.74) is 1.29. The Morgan fingerprint density at radius 3 is 2.42 bits per heavy atom. The maximum atomic E-state index is 5.57. The van der Waals surface area contributed by atoms with Gasteiger partial charge < -0.3 is 25.0 Å². The minimum atomic E-state index is 0. The van der Waals surface area contributed by atoms with Crippen LogP contribution >= 0.6 is 24.0 Å². The molecule has 1 unspecified atom stereocenters. The average Bonchev–Trinajstić information content (AvgIpc) is 2.81. The molecule has 2 fully saturated rings. The molecule has 1 aromatic rings. The number of ether oxygens (including phenoxy) is 2. The predicted octanol–water partition coefficient (Wildman–Crippen LogP) is 2.73. The van der Waals surface area contributed by atoms with Crippen LogP contribution in [0.2, 0.25) is 0 Å². The van der Waals surface area contributed by atoms with Crippen molar-refractivity contribution < 1.29 is 9.47 Å². The number of methoxy groups -OCH3 is 1. The summed E-state index contributed by atoms with van der Waals surface area (Å²) in [6, 6.07) is 9.18. The summed E-state index contributed by atoms with van der Waals surface area (Å²) in [6.45, 7) is 10.1. The topological polar surface area (TPSA) is 61.4 Å². The van der Waals surface area contributed by atoms with Crippen LogP contribution in [0.1, 0.15) is 37.8 Å². The molecule has 1 atom stereocenters. The van der Waals surface area contributed by atoms with Crippen molar-refractivity contribution in [2.45, 2.75) is 38.3 Å². The van der Waals surface area contributed by atoms with Crippen LogP contribution in [0.25, 0.3) is 0 Å². The fourth-order valence-corrected chi connectivity index (χ4v) is 4.37. The van der Waals surface area contributed by atoms with Gasteiger partial charge in [-0.3, -0.25) is 9.89 Å². The van der Waals surface area contributed by atoms with Gasteiger partial charge in [0.1, 0.15) is 5.75 Å². The van der Waals surface area contributed by atoms with Gasteiger partial charge in [-0.2, -0.15) is 0 Å². The fraction of sp³-hybridized carbons (Fsp3) is 0.696. The first kappa shape index (κ1) is 26.2. The lowest BCUT2D eigenvalue weighted by Crippen LogP contribution is -2.51. The molecule has 0 bridgehead atoms. The number of hydrogen-bond donors (Lipinski definition) is 2. The minimum absolute atomic E-state index is 0. The van der Waals surface area contributed by atoms with Gasteiger partial charge in [-0.15, -0.1) is 24.0 Å². The summed E-state index contributed by atoms with van der Waals surface area (Å²) in [5, 5.41) is 7.23. The highest BCUT2D eigenvalue weighted by molar-refractivity contribution is 14.0. The number of aliphatic imine (C=N–C) groups is 1. The second kappa shape index (κ2) is 14.1. The van der Waals surface area contributed by atoms with Crippen LogP contribution < -0.4 is 15.4 Å². The van der Waals surface area contributed by atoms with Crippen LogP contribution in [0.5, 0.6) is 5.75 Å². The van der Waals surface area contributed by atoms with E-state index in [4.69, 9.17) is 9.47 Å². The number of guanidine groups is 1. The van der Waals surface area contributed by atoms with E-state index in [0.717, 1.165) is 44.6 Å². The first-order valence-electron chi connectivity index (χ1n) is 11.4. The van der Waals surface area contributed by atoms with E-state index >= 15 is 0 Å². The van der Waals surface area contributed by atoms with E-state index in [1.807, 2.05) is 19.2 Å². The minimum Gasteiger partial charge on any atom is -0.497 e. The van der Waals surface area contributed by atoms with Gasteiger partial charge in [0.15, 0.2) is 5.96 Å². The number of rotatable bonds is 8. The van der Waals surface area contributed by atoms with Crippen molar-refractivity contribution >= 4 is 29.9 Å². The first-order valence-corrected chi connectivity index (χ1v) is 11.4. The Labute approximate surface area is 205 Å². The Morgan fingerprint density at radius 1 is 1.16 bits per heavy atom. The number of benzene rings is 1. The molecular weight excluding hydrogens is 505 g/mol. The van der Waals surface area contributed by atoms with Gasteiger partial charge in [0.05, 0.1) is 26.4 Å². The third kappa shape index (κ3) is 8.07. The Morgan fingerprint density at radius 2 is 1.84 bits per heavy atom. The molecule has 1 aromatic carbocycles. The second-order valence-electron chi connectivity index (χ2n) is 8.15. The lowest BCUT2D eigenvalue weighted by molar-refractivity contribution is 0.0169. The molecule has 7 nitrogen and oxygen atoms in total. The highest BCUT2D eigenvalue weighted by Crippen LogP contribution is 2.23. The Balaban J connectivity index is 0.00000341. The first-order chi connectivity index (χ1) is 14.7. The molecule has 0 amide bonds. The maximum Gasteiger partial charge on any atom is 0.191 e. The van der Waals surface area contributed by atoms with Crippen LogP contribution in [0.3, 0.4) is 0 Å². The van der Waals surface area contributed by atoms with Gasteiger partial charge in [-0.1, -0.05) is 19.1 Å². The number of halogens is 1. The molecule has 176 valence electrons. The van der Waals surface area contributed by atoms with Crippen molar-refractivity contribution in [3.8, 4) is 5.75 Å². The second-order valence-corrected chi connectivity index (χ2v) is 8.15. The van der Waals surface area contributed by atoms with E-state index in [1.165, 1.54) is 44.5 Å². The SMILES string of the molecule is CCCN1CCC(NC(=NC)NCC(c2ccc(OC)cc2)N2CCOCC2)CC1.I. The molecule has 3 rings (SSSR count). The third-order valence-corrected chi connectivity index (χ3v) is 6.14. The van der Waals surface area contributed by atoms with Crippen LogP contribution in [-0.4, -0.2) is 88.4 Å². The number of hydrogen-bond acceptors (Lipinski definition) is 5. The highest BCUT2D eigenvalue weighted by atomic mass is 127. The Hall–Kier alpha value is -1.10.